The first-order valence-corrected chi connectivity index (χ1v) is 6.21. The van der Waals surface area contributed by atoms with Gasteiger partial charge < -0.3 is 4.98 Å². The molecule has 0 radical (unpaired) electrons. The van der Waals surface area contributed by atoms with Gasteiger partial charge in [-0.05, 0) is 30.3 Å². The lowest BCUT2D eigenvalue weighted by molar-refractivity contribution is 0.104. The number of aromatic nitrogens is 1. The molecule has 0 aliphatic carbocycles. The number of hydrogen-bond acceptors (Lipinski definition) is 1. The van der Waals surface area contributed by atoms with Crippen LogP contribution >= 0.6 is 11.6 Å². The summed E-state index contributed by atoms with van der Waals surface area (Å²) in [5.41, 5.74) is 0.829. The molecule has 0 amide bonds. The molecule has 0 fully saturated rings. The van der Waals surface area contributed by atoms with Crippen molar-refractivity contribution in [2.75, 3.05) is 0 Å². The van der Waals surface area contributed by atoms with Gasteiger partial charge in [-0.3, -0.25) is 4.79 Å². The first kappa shape index (κ1) is 12.8. The van der Waals surface area contributed by atoms with E-state index in [2.05, 4.69) is 4.98 Å². The Balaban J connectivity index is 2.18. The van der Waals surface area contributed by atoms with Crippen molar-refractivity contribution in [2.24, 2.45) is 0 Å². The lowest BCUT2D eigenvalue weighted by atomic mass is 10.0. The molecule has 0 spiro atoms. The number of carbonyl (C=O) groups excluding carboxylic acids is 1. The molecule has 1 N–H and O–H groups in total. The van der Waals surface area contributed by atoms with Gasteiger partial charge in [0.05, 0.1) is 10.6 Å². The number of carbonyl (C=O) groups is 1. The van der Waals surface area contributed by atoms with Crippen LogP contribution in [0.25, 0.3) is 10.9 Å². The van der Waals surface area contributed by atoms with Crippen molar-refractivity contribution < 1.29 is 13.6 Å². The maximum atomic E-state index is 13.9. The van der Waals surface area contributed by atoms with Crippen molar-refractivity contribution in [3.8, 4) is 0 Å². The van der Waals surface area contributed by atoms with Crippen LogP contribution < -0.4 is 0 Å². The first-order valence-electron chi connectivity index (χ1n) is 5.83. The molecular weight excluding hydrogens is 284 g/mol. The second-order valence-corrected chi connectivity index (χ2v) is 4.73. The number of aromatic amines is 1. The normalized spacial score (nSPS) is 10.9. The minimum atomic E-state index is -0.531. The van der Waals surface area contributed by atoms with E-state index in [9.17, 15) is 13.6 Å². The monoisotopic (exact) mass is 291 g/mol. The molecular formula is C15H8ClF2NO. The van der Waals surface area contributed by atoms with Gasteiger partial charge in [-0.2, -0.15) is 0 Å². The van der Waals surface area contributed by atoms with Crippen LogP contribution in [0.1, 0.15) is 15.9 Å². The standard InChI is InChI=1S/C15H8ClF2NO/c16-11-6-8(17)4-5-9(11)15(20)10-7-19-13-3-1-2-12(18)14(10)13/h1-7,19H. The molecule has 2 nitrogen and oxygen atoms in total. The Labute approximate surface area is 118 Å². The van der Waals surface area contributed by atoms with Gasteiger partial charge in [0.25, 0.3) is 0 Å². The Kier molecular flexibility index (Phi) is 3.03. The predicted molar refractivity (Wildman–Crippen MR) is 73.1 cm³/mol. The van der Waals surface area contributed by atoms with E-state index < -0.39 is 17.4 Å². The minimum Gasteiger partial charge on any atom is -0.360 e. The fraction of sp³-hybridized carbons (Fsp3) is 0. The number of ketones is 1. The highest BCUT2D eigenvalue weighted by molar-refractivity contribution is 6.35. The maximum absolute atomic E-state index is 13.9. The molecule has 100 valence electrons. The van der Waals surface area contributed by atoms with Crippen LogP contribution in [-0.2, 0) is 0 Å². The number of nitrogens with one attached hydrogen (secondary N) is 1. The molecule has 1 aromatic heterocycles. The van der Waals surface area contributed by atoms with E-state index in [1.54, 1.807) is 12.1 Å². The highest BCUT2D eigenvalue weighted by Crippen LogP contribution is 2.26. The molecule has 0 bridgehead atoms. The molecule has 0 unspecified atom stereocenters. The quantitative estimate of drug-likeness (QED) is 0.700. The summed E-state index contributed by atoms with van der Waals surface area (Å²) in [6.45, 7) is 0. The van der Waals surface area contributed by atoms with Gasteiger partial charge in [0.15, 0.2) is 5.78 Å². The van der Waals surface area contributed by atoms with E-state index in [1.807, 2.05) is 0 Å². The Morgan fingerprint density at radius 1 is 1.10 bits per heavy atom. The average molecular weight is 292 g/mol. The van der Waals surface area contributed by atoms with E-state index in [-0.39, 0.29) is 21.5 Å². The second kappa shape index (κ2) is 4.72. The van der Waals surface area contributed by atoms with Crippen molar-refractivity contribution in [1.29, 1.82) is 0 Å². The summed E-state index contributed by atoms with van der Waals surface area (Å²) >= 11 is 5.87. The fourth-order valence-electron chi connectivity index (χ4n) is 2.14. The maximum Gasteiger partial charge on any atom is 0.196 e. The van der Waals surface area contributed by atoms with Crippen LogP contribution in [0.2, 0.25) is 5.02 Å². The molecule has 2 aromatic carbocycles. The van der Waals surface area contributed by atoms with Crippen molar-refractivity contribution in [3.63, 3.8) is 0 Å². The van der Waals surface area contributed by atoms with Gasteiger partial charge in [0.2, 0.25) is 0 Å². The Bertz CT molecular complexity index is 826. The third kappa shape index (κ3) is 1.98. The molecule has 0 saturated heterocycles. The number of fused-ring (bicyclic) bond motifs is 1. The molecule has 5 heteroatoms. The Hall–Kier alpha value is -2.20. The van der Waals surface area contributed by atoms with Gasteiger partial charge in [-0.1, -0.05) is 17.7 Å². The molecule has 20 heavy (non-hydrogen) atoms. The van der Waals surface area contributed by atoms with E-state index in [1.165, 1.54) is 18.3 Å². The predicted octanol–water partition coefficient (Wildman–Crippen LogP) is 4.33. The van der Waals surface area contributed by atoms with Crippen molar-refractivity contribution in [2.45, 2.75) is 0 Å². The summed E-state index contributed by atoms with van der Waals surface area (Å²) in [6, 6.07) is 7.98. The zero-order valence-corrected chi connectivity index (χ0v) is 10.8. The SMILES string of the molecule is O=C(c1ccc(F)cc1Cl)c1c[nH]c2cccc(F)c12. The largest absolute Gasteiger partial charge is 0.360 e. The van der Waals surface area contributed by atoms with Crippen LogP contribution in [0.5, 0.6) is 0 Å². The summed E-state index contributed by atoms with van der Waals surface area (Å²) in [4.78, 5) is 15.2. The smallest absolute Gasteiger partial charge is 0.196 e. The van der Waals surface area contributed by atoms with Crippen LogP contribution in [0, 0.1) is 11.6 Å². The van der Waals surface area contributed by atoms with Crippen LogP contribution in [-0.4, -0.2) is 10.8 Å². The summed E-state index contributed by atoms with van der Waals surface area (Å²) in [5, 5.41) is 0.207. The van der Waals surface area contributed by atoms with Crippen molar-refractivity contribution in [3.05, 3.63) is 70.4 Å². The molecule has 1 heterocycles. The van der Waals surface area contributed by atoms with Crippen molar-refractivity contribution >= 4 is 28.3 Å². The van der Waals surface area contributed by atoms with E-state index >= 15 is 0 Å². The number of hydrogen-bond donors (Lipinski definition) is 1. The highest BCUT2D eigenvalue weighted by Gasteiger charge is 2.19. The second-order valence-electron chi connectivity index (χ2n) is 4.32. The summed E-state index contributed by atoms with van der Waals surface area (Å²) in [7, 11) is 0. The third-order valence-corrected chi connectivity index (χ3v) is 3.39. The molecule has 0 saturated carbocycles. The third-order valence-electron chi connectivity index (χ3n) is 3.08. The number of rotatable bonds is 2. The van der Waals surface area contributed by atoms with E-state index in [0.29, 0.717) is 5.52 Å². The van der Waals surface area contributed by atoms with Gasteiger partial charge in [0.1, 0.15) is 11.6 Å². The van der Waals surface area contributed by atoms with Crippen LogP contribution in [0.4, 0.5) is 8.78 Å². The molecule has 3 rings (SSSR count). The zero-order valence-electron chi connectivity index (χ0n) is 10.1. The Morgan fingerprint density at radius 3 is 2.65 bits per heavy atom. The summed E-state index contributed by atoms with van der Waals surface area (Å²) in [6.07, 6.45) is 1.43. The topological polar surface area (TPSA) is 32.9 Å². The first-order chi connectivity index (χ1) is 9.58. The lowest BCUT2D eigenvalue weighted by Crippen LogP contribution is -2.02. The van der Waals surface area contributed by atoms with Gasteiger partial charge in [0, 0.05) is 22.7 Å². The van der Waals surface area contributed by atoms with E-state index in [0.717, 1.165) is 12.1 Å². The molecule has 0 aliphatic rings. The zero-order chi connectivity index (χ0) is 14.3. The summed E-state index contributed by atoms with van der Waals surface area (Å²) < 4.78 is 26.9. The van der Waals surface area contributed by atoms with Gasteiger partial charge >= 0.3 is 0 Å². The minimum absolute atomic E-state index is 0.000638. The molecule has 0 atom stereocenters. The molecule has 0 aliphatic heterocycles. The number of benzene rings is 2. The average Bonchev–Trinajstić information content (AvgIpc) is 2.83. The summed E-state index contributed by atoms with van der Waals surface area (Å²) in [5.74, 6) is -1.48. The number of H-pyrrole nitrogens is 1. The van der Waals surface area contributed by atoms with Gasteiger partial charge in [-0.25, -0.2) is 8.78 Å². The lowest BCUT2D eigenvalue weighted by Gasteiger charge is -2.03. The fourth-order valence-corrected chi connectivity index (χ4v) is 2.39. The van der Waals surface area contributed by atoms with Crippen LogP contribution in [0.15, 0.2) is 42.6 Å². The van der Waals surface area contributed by atoms with E-state index in [4.69, 9.17) is 11.6 Å². The van der Waals surface area contributed by atoms with Gasteiger partial charge in [-0.15, -0.1) is 0 Å². The number of halogens is 3. The highest BCUT2D eigenvalue weighted by atomic mass is 35.5. The Morgan fingerprint density at radius 2 is 1.90 bits per heavy atom. The van der Waals surface area contributed by atoms with Crippen molar-refractivity contribution in [1.82, 2.24) is 4.98 Å². The molecule has 3 aromatic rings. The van der Waals surface area contributed by atoms with Crippen LogP contribution in [0.3, 0.4) is 0 Å².